The number of phenols is 1. The van der Waals surface area contributed by atoms with E-state index in [0.717, 1.165) is 5.56 Å². The van der Waals surface area contributed by atoms with E-state index in [4.69, 9.17) is 10.5 Å². The number of hydrogen-bond acceptors (Lipinski definition) is 5. The van der Waals surface area contributed by atoms with Crippen molar-refractivity contribution in [2.45, 2.75) is 39.0 Å². The monoisotopic (exact) mass is 413 g/mol. The fraction of sp³-hybridized carbons (Fsp3) is 0.318. The van der Waals surface area contributed by atoms with E-state index in [2.05, 4.69) is 10.6 Å². The summed E-state index contributed by atoms with van der Waals surface area (Å²) in [4.78, 5) is 36.7. The number of amides is 3. The minimum absolute atomic E-state index is 0.0733. The molecule has 0 spiro atoms. The first-order valence-electron chi connectivity index (χ1n) is 9.61. The summed E-state index contributed by atoms with van der Waals surface area (Å²) in [7, 11) is 0. The zero-order valence-electron chi connectivity index (χ0n) is 17.0. The smallest absolute Gasteiger partial charge is 0.408 e. The number of hydrogen-bond donors (Lipinski definition) is 4. The Morgan fingerprint density at radius 3 is 2.17 bits per heavy atom. The molecule has 0 fully saturated rings. The number of carbonyl (C=O) groups excluding carboxylic acids is 3. The maximum Gasteiger partial charge on any atom is 0.408 e. The van der Waals surface area contributed by atoms with Gasteiger partial charge in [-0.1, -0.05) is 56.3 Å². The second-order valence-electron chi connectivity index (χ2n) is 7.26. The number of primary amides is 1. The van der Waals surface area contributed by atoms with Gasteiger partial charge in [-0.3, -0.25) is 9.59 Å². The fourth-order valence-electron chi connectivity index (χ4n) is 2.78. The van der Waals surface area contributed by atoms with Crippen LogP contribution in [-0.2, 0) is 27.4 Å². The number of nitrogens with one attached hydrogen (secondary N) is 2. The number of carbonyl (C=O) groups is 3. The number of benzene rings is 2. The molecule has 0 unspecified atom stereocenters. The Labute approximate surface area is 175 Å². The summed E-state index contributed by atoms with van der Waals surface area (Å²) in [5, 5.41) is 14.5. The maximum absolute atomic E-state index is 12.7. The van der Waals surface area contributed by atoms with Crippen LogP contribution in [0.2, 0.25) is 0 Å². The van der Waals surface area contributed by atoms with Gasteiger partial charge in [0.05, 0.1) is 0 Å². The van der Waals surface area contributed by atoms with Gasteiger partial charge in [-0.2, -0.15) is 0 Å². The van der Waals surface area contributed by atoms with Crippen LogP contribution in [0.5, 0.6) is 5.75 Å². The maximum atomic E-state index is 12.7. The summed E-state index contributed by atoms with van der Waals surface area (Å²) in [5.74, 6) is -1.40. The molecule has 0 aromatic heterocycles. The highest BCUT2D eigenvalue weighted by Crippen LogP contribution is 2.12. The number of ether oxygens (including phenoxy) is 1. The fourth-order valence-corrected chi connectivity index (χ4v) is 2.78. The predicted molar refractivity (Wildman–Crippen MR) is 111 cm³/mol. The lowest BCUT2D eigenvalue weighted by molar-refractivity contribution is -0.129. The van der Waals surface area contributed by atoms with E-state index in [0.29, 0.717) is 5.56 Å². The highest BCUT2D eigenvalue weighted by Gasteiger charge is 2.28. The van der Waals surface area contributed by atoms with Gasteiger partial charge in [-0.25, -0.2) is 4.79 Å². The van der Waals surface area contributed by atoms with Gasteiger partial charge in [-0.15, -0.1) is 0 Å². The summed E-state index contributed by atoms with van der Waals surface area (Å²) in [6, 6.07) is 13.5. The molecule has 0 heterocycles. The predicted octanol–water partition coefficient (Wildman–Crippen LogP) is 1.86. The highest BCUT2D eigenvalue weighted by molar-refractivity contribution is 5.91. The van der Waals surface area contributed by atoms with E-state index in [1.807, 2.05) is 30.3 Å². The third kappa shape index (κ3) is 7.12. The summed E-state index contributed by atoms with van der Waals surface area (Å²) in [5.41, 5.74) is 6.97. The van der Waals surface area contributed by atoms with Crippen molar-refractivity contribution in [3.63, 3.8) is 0 Å². The Morgan fingerprint density at radius 1 is 0.967 bits per heavy atom. The first-order valence-corrected chi connectivity index (χ1v) is 9.61. The van der Waals surface area contributed by atoms with Gasteiger partial charge in [0.2, 0.25) is 11.8 Å². The zero-order chi connectivity index (χ0) is 22.1. The highest BCUT2D eigenvalue weighted by atomic mass is 16.5. The normalized spacial score (nSPS) is 12.6. The van der Waals surface area contributed by atoms with Gasteiger partial charge in [0.1, 0.15) is 24.4 Å². The van der Waals surface area contributed by atoms with Crippen molar-refractivity contribution < 1.29 is 24.2 Å². The first-order chi connectivity index (χ1) is 14.3. The van der Waals surface area contributed by atoms with Crippen molar-refractivity contribution in [3.8, 4) is 5.75 Å². The molecule has 2 aromatic rings. The third-order valence-electron chi connectivity index (χ3n) is 4.47. The van der Waals surface area contributed by atoms with Gasteiger partial charge >= 0.3 is 6.09 Å². The summed E-state index contributed by atoms with van der Waals surface area (Å²) in [6.07, 6.45) is -0.577. The van der Waals surface area contributed by atoms with Crippen molar-refractivity contribution in [1.29, 1.82) is 0 Å². The van der Waals surface area contributed by atoms with Crippen LogP contribution >= 0.6 is 0 Å². The van der Waals surface area contributed by atoms with E-state index < -0.39 is 30.0 Å². The number of aromatic hydroxyl groups is 1. The Bertz CT molecular complexity index is 853. The average molecular weight is 413 g/mol. The molecule has 0 saturated heterocycles. The molecule has 30 heavy (non-hydrogen) atoms. The second kappa shape index (κ2) is 10.8. The lowest BCUT2D eigenvalue weighted by Gasteiger charge is -2.24. The number of phenolic OH excluding ortho intramolecular Hbond substituents is 1. The quantitative estimate of drug-likeness (QED) is 0.498. The van der Waals surface area contributed by atoms with Crippen molar-refractivity contribution in [2.24, 2.45) is 11.7 Å². The average Bonchev–Trinajstić information content (AvgIpc) is 2.71. The minimum Gasteiger partial charge on any atom is -0.508 e. The molecule has 0 aliphatic carbocycles. The van der Waals surface area contributed by atoms with Crippen LogP contribution < -0.4 is 16.4 Å². The Hall–Kier alpha value is -3.55. The van der Waals surface area contributed by atoms with Crippen LogP contribution in [0.3, 0.4) is 0 Å². The largest absolute Gasteiger partial charge is 0.508 e. The van der Waals surface area contributed by atoms with Crippen molar-refractivity contribution in [1.82, 2.24) is 10.6 Å². The molecule has 2 aromatic carbocycles. The van der Waals surface area contributed by atoms with Gasteiger partial charge < -0.3 is 26.2 Å². The molecule has 5 N–H and O–H groups in total. The number of nitrogens with two attached hydrogens (primary N) is 1. The lowest BCUT2D eigenvalue weighted by atomic mass is 10.0. The van der Waals surface area contributed by atoms with Crippen LogP contribution in [0.4, 0.5) is 4.79 Å². The zero-order valence-corrected chi connectivity index (χ0v) is 17.0. The molecule has 160 valence electrons. The standard InChI is InChI=1S/C22H27N3O5/c1-14(2)19(25-22(29)30-13-16-6-4-3-5-7-16)21(28)24-18(20(23)27)12-15-8-10-17(26)11-9-15/h3-11,14,18-19,26H,12-13H2,1-2H3,(H2,23,27)(H,24,28)(H,25,29)/t18-,19-/m1/s1. The molecular formula is C22H27N3O5. The molecule has 0 aliphatic heterocycles. The topological polar surface area (TPSA) is 131 Å². The molecule has 0 radical (unpaired) electrons. The molecule has 8 nitrogen and oxygen atoms in total. The molecular weight excluding hydrogens is 386 g/mol. The number of alkyl carbamates (subject to hydrolysis) is 1. The minimum atomic E-state index is -0.967. The van der Waals surface area contributed by atoms with Gasteiger partial charge in [0.15, 0.2) is 0 Å². The van der Waals surface area contributed by atoms with E-state index in [9.17, 15) is 19.5 Å². The van der Waals surface area contributed by atoms with E-state index in [-0.39, 0.29) is 24.7 Å². The van der Waals surface area contributed by atoms with Gasteiger partial charge in [0, 0.05) is 6.42 Å². The van der Waals surface area contributed by atoms with Crippen molar-refractivity contribution in [3.05, 3.63) is 65.7 Å². The Kier molecular flexibility index (Phi) is 8.22. The molecule has 0 bridgehead atoms. The first kappa shape index (κ1) is 22.7. The van der Waals surface area contributed by atoms with Crippen LogP contribution in [-0.4, -0.2) is 35.1 Å². The Morgan fingerprint density at radius 2 is 1.60 bits per heavy atom. The second-order valence-corrected chi connectivity index (χ2v) is 7.26. The molecule has 0 aliphatic rings. The SMILES string of the molecule is CC(C)[C@@H](NC(=O)OCc1ccccc1)C(=O)N[C@H](Cc1ccc(O)cc1)C(N)=O. The molecule has 3 amide bonds. The van der Waals surface area contributed by atoms with Crippen molar-refractivity contribution in [2.75, 3.05) is 0 Å². The summed E-state index contributed by atoms with van der Waals surface area (Å²) >= 11 is 0. The van der Waals surface area contributed by atoms with Crippen LogP contribution in [0.1, 0.15) is 25.0 Å². The van der Waals surface area contributed by atoms with Crippen molar-refractivity contribution >= 4 is 17.9 Å². The number of rotatable bonds is 9. The lowest BCUT2D eigenvalue weighted by Crippen LogP contribution is -2.55. The summed E-state index contributed by atoms with van der Waals surface area (Å²) in [6.45, 7) is 3.60. The molecule has 2 atom stereocenters. The Balaban J connectivity index is 1.97. The van der Waals surface area contributed by atoms with E-state index >= 15 is 0 Å². The molecule has 0 saturated carbocycles. The van der Waals surface area contributed by atoms with Crippen LogP contribution in [0.15, 0.2) is 54.6 Å². The van der Waals surface area contributed by atoms with E-state index in [1.54, 1.807) is 26.0 Å². The van der Waals surface area contributed by atoms with Gasteiger partial charge in [-0.05, 0) is 29.2 Å². The molecule has 8 heteroatoms. The summed E-state index contributed by atoms with van der Waals surface area (Å²) < 4.78 is 5.17. The van der Waals surface area contributed by atoms with Gasteiger partial charge in [0.25, 0.3) is 0 Å². The van der Waals surface area contributed by atoms with Crippen LogP contribution in [0, 0.1) is 5.92 Å². The molecule has 2 rings (SSSR count). The van der Waals surface area contributed by atoms with E-state index in [1.165, 1.54) is 12.1 Å². The third-order valence-corrected chi connectivity index (χ3v) is 4.47. The van der Waals surface area contributed by atoms with Crippen LogP contribution in [0.25, 0.3) is 0 Å².